The van der Waals surface area contributed by atoms with Crippen molar-refractivity contribution in [3.8, 4) is 0 Å². The SMILES string of the molecule is C=C[C@H]1C[C@H]1/C=C\CCC[NH2+]Cc1ccc(C(C)(C)C)cc1. The van der Waals surface area contributed by atoms with Gasteiger partial charge in [-0.3, -0.25) is 0 Å². The highest BCUT2D eigenvalue weighted by Gasteiger charge is 2.31. The van der Waals surface area contributed by atoms with Gasteiger partial charge in [-0.25, -0.2) is 0 Å². The highest BCUT2D eigenvalue weighted by Crippen LogP contribution is 2.40. The number of allylic oxidation sites excluding steroid dienone is 3. The molecular formula is C21H32N+. The Balaban J connectivity index is 1.58. The second-order valence-corrected chi connectivity index (χ2v) is 7.60. The van der Waals surface area contributed by atoms with Crippen molar-refractivity contribution in [2.24, 2.45) is 11.8 Å². The van der Waals surface area contributed by atoms with Crippen LogP contribution >= 0.6 is 0 Å². The van der Waals surface area contributed by atoms with E-state index in [1.54, 1.807) is 0 Å². The van der Waals surface area contributed by atoms with E-state index in [-0.39, 0.29) is 5.41 Å². The largest absolute Gasteiger partial charge is 0.342 e. The van der Waals surface area contributed by atoms with E-state index in [4.69, 9.17) is 0 Å². The molecule has 1 fully saturated rings. The Labute approximate surface area is 136 Å². The standard InChI is InChI=1S/C21H31N/c1-5-18-15-19(18)9-7-6-8-14-22-16-17-10-12-20(13-11-17)21(2,3)4/h5,7,9-13,18-19,22H,1,6,8,14-16H2,2-4H3/p+1/b9-7-/t18-,19+/m0/s1. The van der Waals surface area contributed by atoms with E-state index in [2.05, 4.69) is 75.2 Å². The zero-order chi connectivity index (χ0) is 16.0. The summed E-state index contributed by atoms with van der Waals surface area (Å²) in [5.41, 5.74) is 3.09. The minimum absolute atomic E-state index is 0.251. The van der Waals surface area contributed by atoms with Gasteiger partial charge < -0.3 is 5.32 Å². The van der Waals surface area contributed by atoms with Crippen LogP contribution in [0, 0.1) is 11.8 Å². The van der Waals surface area contributed by atoms with Gasteiger partial charge in [0.05, 0.1) is 6.54 Å². The molecule has 2 rings (SSSR count). The Kier molecular flexibility index (Phi) is 6.02. The summed E-state index contributed by atoms with van der Waals surface area (Å²) in [7, 11) is 0. The van der Waals surface area contributed by atoms with Crippen LogP contribution < -0.4 is 5.32 Å². The number of hydrogen-bond donors (Lipinski definition) is 1. The van der Waals surface area contributed by atoms with Crippen LogP contribution in [0.15, 0.2) is 49.1 Å². The number of rotatable bonds is 8. The first-order valence-electron chi connectivity index (χ1n) is 8.71. The number of hydrogen-bond acceptors (Lipinski definition) is 0. The number of nitrogens with two attached hydrogens (primary N) is 1. The fraction of sp³-hybridized carbons (Fsp3) is 0.524. The third-order valence-electron chi connectivity index (χ3n) is 4.56. The van der Waals surface area contributed by atoms with Crippen molar-refractivity contribution in [3.05, 3.63) is 60.2 Å². The van der Waals surface area contributed by atoms with Crippen molar-refractivity contribution in [1.82, 2.24) is 0 Å². The summed E-state index contributed by atoms with van der Waals surface area (Å²) in [6.45, 7) is 12.9. The Hall–Kier alpha value is -1.34. The topological polar surface area (TPSA) is 16.6 Å². The van der Waals surface area contributed by atoms with Gasteiger partial charge >= 0.3 is 0 Å². The lowest BCUT2D eigenvalue weighted by atomic mass is 9.87. The number of unbranched alkanes of at least 4 members (excludes halogenated alkanes) is 1. The lowest BCUT2D eigenvalue weighted by molar-refractivity contribution is -0.670. The summed E-state index contributed by atoms with van der Waals surface area (Å²) in [6.07, 6.45) is 10.6. The maximum absolute atomic E-state index is 3.85. The van der Waals surface area contributed by atoms with Crippen molar-refractivity contribution < 1.29 is 5.32 Å². The first-order valence-corrected chi connectivity index (χ1v) is 8.71. The monoisotopic (exact) mass is 298 g/mol. The molecular weight excluding hydrogens is 266 g/mol. The van der Waals surface area contributed by atoms with Crippen LogP contribution in [0.25, 0.3) is 0 Å². The minimum Gasteiger partial charge on any atom is -0.342 e. The second-order valence-electron chi connectivity index (χ2n) is 7.60. The molecule has 0 bridgehead atoms. The van der Waals surface area contributed by atoms with Gasteiger partial charge in [0.15, 0.2) is 0 Å². The van der Waals surface area contributed by atoms with Crippen LogP contribution in [0.3, 0.4) is 0 Å². The van der Waals surface area contributed by atoms with E-state index in [9.17, 15) is 0 Å². The van der Waals surface area contributed by atoms with Crippen LogP contribution in [0.1, 0.15) is 51.2 Å². The Morgan fingerprint density at radius 2 is 1.91 bits per heavy atom. The molecule has 2 N–H and O–H groups in total. The van der Waals surface area contributed by atoms with Crippen molar-refractivity contribution in [2.75, 3.05) is 6.54 Å². The summed E-state index contributed by atoms with van der Waals surface area (Å²) < 4.78 is 0. The highest BCUT2D eigenvalue weighted by molar-refractivity contribution is 5.26. The Bertz CT molecular complexity index is 490. The van der Waals surface area contributed by atoms with Gasteiger partial charge in [-0.2, -0.15) is 0 Å². The van der Waals surface area contributed by atoms with Crippen LogP contribution in [-0.2, 0) is 12.0 Å². The molecule has 0 radical (unpaired) electrons. The lowest BCUT2D eigenvalue weighted by Gasteiger charge is -2.18. The molecule has 120 valence electrons. The van der Waals surface area contributed by atoms with Gasteiger partial charge in [-0.1, -0.05) is 63.3 Å². The maximum Gasteiger partial charge on any atom is 0.101 e. The molecule has 1 nitrogen and oxygen atoms in total. The summed E-state index contributed by atoms with van der Waals surface area (Å²) in [5.74, 6) is 1.56. The molecule has 0 heterocycles. The van der Waals surface area contributed by atoms with Crippen LogP contribution in [0.2, 0.25) is 0 Å². The second kappa shape index (κ2) is 7.78. The average molecular weight is 298 g/mol. The third kappa shape index (κ3) is 5.46. The minimum atomic E-state index is 0.251. The van der Waals surface area contributed by atoms with E-state index in [0.29, 0.717) is 0 Å². The van der Waals surface area contributed by atoms with Crippen molar-refractivity contribution in [2.45, 2.75) is 52.0 Å². The molecule has 0 spiro atoms. The van der Waals surface area contributed by atoms with E-state index in [0.717, 1.165) is 18.4 Å². The van der Waals surface area contributed by atoms with Gasteiger partial charge in [0.25, 0.3) is 0 Å². The molecule has 0 aromatic heterocycles. The smallest absolute Gasteiger partial charge is 0.101 e. The van der Waals surface area contributed by atoms with Crippen LogP contribution in [0.5, 0.6) is 0 Å². The quantitative estimate of drug-likeness (QED) is 0.547. The van der Waals surface area contributed by atoms with E-state index >= 15 is 0 Å². The molecule has 1 heteroatoms. The fourth-order valence-corrected chi connectivity index (χ4v) is 2.79. The molecule has 1 aromatic carbocycles. The lowest BCUT2D eigenvalue weighted by Crippen LogP contribution is -2.82. The molecule has 2 atom stereocenters. The Morgan fingerprint density at radius 3 is 2.50 bits per heavy atom. The van der Waals surface area contributed by atoms with Gasteiger partial charge in [0.2, 0.25) is 0 Å². The predicted molar refractivity (Wildman–Crippen MR) is 95.8 cm³/mol. The molecule has 0 aliphatic heterocycles. The zero-order valence-electron chi connectivity index (χ0n) is 14.5. The zero-order valence-corrected chi connectivity index (χ0v) is 14.5. The Morgan fingerprint density at radius 1 is 1.18 bits per heavy atom. The molecule has 22 heavy (non-hydrogen) atoms. The molecule has 1 aliphatic rings. The summed E-state index contributed by atoms with van der Waals surface area (Å²) in [5, 5.41) is 2.42. The fourth-order valence-electron chi connectivity index (χ4n) is 2.79. The van der Waals surface area contributed by atoms with Crippen LogP contribution in [0.4, 0.5) is 0 Å². The average Bonchev–Trinajstić information content (AvgIpc) is 3.24. The van der Waals surface area contributed by atoms with E-state index < -0.39 is 0 Å². The van der Waals surface area contributed by atoms with Crippen molar-refractivity contribution >= 4 is 0 Å². The van der Waals surface area contributed by atoms with Crippen LogP contribution in [-0.4, -0.2) is 6.54 Å². The molecule has 1 aromatic rings. The number of benzene rings is 1. The van der Waals surface area contributed by atoms with E-state index in [1.807, 2.05) is 0 Å². The summed E-state index contributed by atoms with van der Waals surface area (Å²) in [4.78, 5) is 0. The van der Waals surface area contributed by atoms with Gasteiger partial charge in [-0.05, 0) is 42.1 Å². The maximum atomic E-state index is 3.85. The summed E-state index contributed by atoms with van der Waals surface area (Å²) in [6, 6.07) is 9.11. The van der Waals surface area contributed by atoms with Crippen molar-refractivity contribution in [1.29, 1.82) is 0 Å². The normalized spacial score (nSPS) is 21.2. The molecule has 0 amide bonds. The molecule has 0 saturated heterocycles. The van der Waals surface area contributed by atoms with E-state index in [1.165, 1.54) is 36.9 Å². The van der Waals surface area contributed by atoms with Gasteiger partial charge in [0, 0.05) is 5.56 Å². The number of quaternary nitrogens is 1. The third-order valence-corrected chi connectivity index (χ3v) is 4.56. The first kappa shape index (κ1) is 17.0. The molecule has 1 aliphatic carbocycles. The highest BCUT2D eigenvalue weighted by atomic mass is 14.8. The van der Waals surface area contributed by atoms with Gasteiger partial charge in [0.1, 0.15) is 6.54 Å². The molecule has 0 unspecified atom stereocenters. The first-order chi connectivity index (χ1) is 10.5. The summed E-state index contributed by atoms with van der Waals surface area (Å²) >= 11 is 0. The van der Waals surface area contributed by atoms with Gasteiger partial charge in [-0.15, -0.1) is 6.58 Å². The van der Waals surface area contributed by atoms with Crippen molar-refractivity contribution in [3.63, 3.8) is 0 Å². The molecule has 1 saturated carbocycles. The predicted octanol–water partition coefficient (Wildman–Crippen LogP) is 4.21.